The normalized spacial score (nSPS) is 13.6. The second-order valence-corrected chi connectivity index (χ2v) is 5.06. The average molecular weight is 179 g/mol. The molecular weight excluding hydrogens is 160 g/mol. The molecule has 68 valence electrons. The Labute approximate surface area is 74.8 Å². The van der Waals surface area contributed by atoms with E-state index in [4.69, 9.17) is 16.7 Å². The smallest absolute Gasteiger partial charge is 0.0482 e. The van der Waals surface area contributed by atoms with Gasteiger partial charge in [-0.3, -0.25) is 0 Å². The highest BCUT2D eigenvalue weighted by molar-refractivity contribution is 6.18. The van der Waals surface area contributed by atoms with E-state index in [2.05, 4.69) is 27.7 Å². The lowest BCUT2D eigenvalue weighted by atomic mass is 9.77. The molecule has 0 radical (unpaired) electrons. The van der Waals surface area contributed by atoms with Crippen LogP contribution in [0.25, 0.3) is 0 Å². The summed E-state index contributed by atoms with van der Waals surface area (Å²) in [6.45, 7) is 8.59. The summed E-state index contributed by atoms with van der Waals surface area (Å²) < 4.78 is 0. The summed E-state index contributed by atoms with van der Waals surface area (Å²) in [4.78, 5) is 0. The third kappa shape index (κ3) is 4.65. The number of hydrogen-bond acceptors (Lipinski definition) is 1. The molecule has 0 aliphatic heterocycles. The van der Waals surface area contributed by atoms with Crippen molar-refractivity contribution in [3.8, 4) is 0 Å². The lowest BCUT2D eigenvalue weighted by Gasteiger charge is -2.31. The molecule has 0 aliphatic carbocycles. The number of halogens is 1. The molecule has 0 atom stereocenters. The standard InChI is InChI=1S/C9H19ClO/c1-8(2,6-10)5-9(3,4)7-11/h11H,5-7H2,1-4H3. The second kappa shape index (κ2) is 3.77. The van der Waals surface area contributed by atoms with E-state index in [9.17, 15) is 0 Å². The van der Waals surface area contributed by atoms with Gasteiger partial charge in [-0.1, -0.05) is 27.7 Å². The van der Waals surface area contributed by atoms with Gasteiger partial charge >= 0.3 is 0 Å². The Morgan fingerprint density at radius 3 is 1.82 bits per heavy atom. The van der Waals surface area contributed by atoms with E-state index in [1.54, 1.807) is 0 Å². The van der Waals surface area contributed by atoms with Crippen molar-refractivity contribution in [2.45, 2.75) is 34.1 Å². The molecule has 0 aromatic carbocycles. The molecule has 0 unspecified atom stereocenters. The van der Waals surface area contributed by atoms with Crippen molar-refractivity contribution in [2.24, 2.45) is 10.8 Å². The molecule has 0 bridgehead atoms. The maximum Gasteiger partial charge on any atom is 0.0482 e. The molecule has 0 aromatic heterocycles. The maximum absolute atomic E-state index is 9.01. The van der Waals surface area contributed by atoms with Crippen molar-refractivity contribution in [3.63, 3.8) is 0 Å². The van der Waals surface area contributed by atoms with Gasteiger partial charge in [-0.25, -0.2) is 0 Å². The third-order valence-electron chi connectivity index (χ3n) is 1.75. The minimum atomic E-state index is -0.00160. The number of aliphatic hydroxyl groups excluding tert-OH is 1. The van der Waals surface area contributed by atoms with Crippen LogP contribution in [0.3, 0.4) is 0 Å². The molecule has 0 aliphatic rings. The zero-order chi connectivity index (χ0) is 9.12. The predicted octanol–water partition coefficient (Wildman–Crippen LogP) is 2.66. The Balaban J connectivity index is 4.02. The number of rotatable bonds is 4. The summed E-state index contributed by atoms with van der Waals surface area (Å²) in [5.41, 5.74) is 0.131. The van der Waals surface area contributed by atoms with Crippen LogP contribution in [0.15, 0.2) is 0 Å². The Bertz CT molecular complexity index is 105. The van der Waals surface area contributed by atoms with E-state index in [0.717, 1.165) is 6.42 Å². The first-order chi connectivity index (χ1) is 4.83. The molecule has 0 amide bonds. The van der Waals surface area contributed by atoms with E-state index in [1.807, 2.05) is 0 Å². The van der Waals surface area contributed by atoms with E-state index in [1.165, 1.54) is 0 Å². The summed E-state index contributed by atoms with van der Waals surface area (Å²) in [7, 11) is 0. The highest BCUT2D eigenvalue weighted by Gasteiger charge is 2.27. The Kier molecular flexibility index (Phi) is 3.86. The highest BCUT2D eigenvalue weighted by atomic mass is 35.5. The van der Waals surface area contributed by atoms with Crippen LogP contribution in [-0.2, 0) is 0 Å². The zero-order valence-electron chi connectivity index (χ0n) is 7.95. The fourth-order valence-corrected chi connectivity index (χ4v) is 1.49. The zero-order valence-corrected chi connectivity index (χ0v) is 8.70. The molecule has 0 fully saturated rings. The quantitative estimate of drug-likeness (QED) is 0.657. The van der Waals surface area contributed by atoms with Gasteiger partial charge in [0.15, 0.2) is 0 Å². The fraction of sp³-hybridized carbons (Fsp3) is 1.00. The van der Waals surface area contributed by atoms with Crippen LogP contribution < -0.4 is 0 Å². The highest BCUT2D eigenvalue weighted by Crippen LogP contribution is 2.33. The van der Waals surface area contributed by atoms with E-state index < -0.39 is 0 Å². The monoisotopic (exact) mass is 178 g/mol. The van der Waals surface area contributed by atoms with Gasteiger partial charge < -0.3 is 5.11 Å². The van der Waals surface area contributed by atoms with Crippen LogP contribution in [-0.4, -0.2) is 17.6 Å². The SMILES string of the molecule is CC(C)(CO)CC(C)(C)CCl. The maximum atomic E-state index is 9.01. The first-order valence-electron chi connectivity index (χ1n) is 4.00. The van der Waals surface area contributed by atoms with Crippen molar-refractivity contribution in [3.05, 3.63) is 0 Å². The molecule has 11 heavy (non-hydrogen) atoms. The Morgan fingerprint density at radius 2 is 1.55 bits per heavy atom. The molecule has 0 rings (SSSR count). The average Bonchev–Trinajstić information content (AvgIpc) is 1.86. The molecular formula is C9H19ClO. The molecule has 1 nitrogen and oxygen atoms in total. The molecule has 1 N–H and O–H groups in total. The lowest BCUT2D eigenvalue weighted by Crippen LogP contribution is -2.27. The van der Waals surface area contributed by atoms with E-state index in [0.29, 0.717) is 5.88 Å². The van der Waals surface area contributed by atoms with Gasteiger partial charge in [0.25, 0.3) is 0 Å². The third-order valence-corrected chi connectivity index (χ3v) is 2.47. The lowest BCUT2D eigenvalue weighted by molar-refractivity contribution is 0.111. The van der Waals surface area contributed by atoms with Crippen LogP contribution in [0.1, 0.15) is 34.1 Å². The molecule has 2 heteroatoms. The van der Waals surface area contributed by atoms with Crippen LogP contribution in [0.5, 0.6) is 0 Å². The molecule has 0 saturated carbocycles. The Hall–Kier alpha value is 0.250. The first-order valence-corrected chi connectivity index (χ1v) is 4.53. The van der Waals surface area contributed by atoms with Gasteiger partial charge in [-0.2, -0.15) is 0 Å². The largest absolute Gasteiger partial charge is 0.396 e. The van der Waals surface area contributed by atoms with Gasteiger partial charge in [0, 0.05) is 12.5 Å². The van der Waals surface area contributed by atoms with Gasteiger partial charge in [0.2, 0.25) is 0 Å². The van der Waals surface area contributed by atoms with Gasteiger partial charge in [0.1, 0.15) is 0 Å². The van der Waals surface area contributed by atoms with Crippen molar-refractivity contribution >= 4 is 11.6 Å². The van der Waals surface area contributed by atoms with Crippen molar-refractivity contribution < 1.29 is 5.11 Å². The van der Waals surface area contributed by atoms with Crippen LogP contribution in [0, 0.1) is 10.8 Å². The summed E-state index contributed by atoms with van der Waals surface area (Å²) in [6, 6.07) is 0. The fourth-order valence-electron chi connectivity index (χ4n) is 1.40. The van der Waals surface area contributed by atoms with Gasteiger partial charge in [-0.05, 0) is 17.3 Å². The van der Waals surface area contributed by atoms with Crippen molar-refractivity contribution in [1.82, 2.24) is 0 Å². The topological polar surface area (TPSA) is 20.2 Å². The molecule has 0 heterocycles. The van der Waals surface area contributed by atoms with Gasteiger partial charge in [-0.15, -0.1) is 11.6 Å². The molecule has 0 spiro atoms. The van der Waals surface area contributed by atoms with Crippen LogP contribution in [0.4, 0.5) is 0 Å². The Morgan fingerprint density at radius 1 is 1.09 bits per heavy atom. The summed E-state index contributed by atoms with van der Waals surface area (Å²) in [5, 5.41) is 9.01. The predicted molar refractivity (Wildman–Crippen MR) is 50.0 cm³/mol. The number of hydrogen-bond donors (Lipinski definition) is 1. The molecule has 0 saturated heterocycles. The summed E-state index contributed by atoms with van der Waals surface area (Å²) in [6.07, 6.45) is 0.958. The number of alkyl halides is 1. The van der Waals surface area contributed by atoms with E-state index >= 15 is 0 Å². The second-order valence-electron chi connectivity index (χ2n) is 4.80. The van der Waals surface area contributed by atoms with E-state index in [-0.39, 0.29) is 17.4 Å². The van der Waals surface area contributed by atoms with Crippen molar-refractivity contribution in [2.75, 3.05) is 12.5 Å². The summed E-state index contributed by atoms with van der Waals surface area (Å²) in [5.74, 6) is 0.649. The van der Waals surface area contributed by atoms with Crippen LogP contribution in [0.2, 0.25) is 0 Å². The summed E-state index contributed by atoms with van der Waals surface area (Å²) >= 11 is 5.77. The van der Waals surface area contributed by atoms with Crippen LogP contribution >= 0.6 is 11.6 Å². The number of aliphatic hydroxyl groups is 1. The minimum absolute atomic E-state index is 0.00160. The van der Waals surface area contributed by atoms with Gasteiger partial charge in [0.05, 0.1) is 0 Å². The molecule has 0 aromatic rings. The van der Waals surface area contributed by atoms with Crippen molar-refractivity contribution in [1.29, 1.82) is 0 Å². The first kappa shape index (κ1) is 11.2. The minimum Gasteiger partial charge on any atom is -0.396 e.